The highest BCUT2D eigenvalue weighted by molar-refractivity contribution is 8.06. The highest BCUT2D eigenvalue weighted by atomic mass is 32.2. The molecule has 0 bridgehead atoms. The first kappa shape index (κ1) is 28.5. The molecule has 0 saturated carbocycles. The van der Waals surface area contributed by atoms with Crippen molar-refractivity contribution in [1.29, 1.82) is 0 Å². The Morgan fingerprint density at radius 2 is 0.967 bits per heavy atom. The van der Waals surface area contributed by atoms with Crippen LogP contribution in [0.15, 0.2) is 0 Å². The van der Waals surface area contributed by atoms with Gasteiger partial charge in [-0.25, -0.2) is 9.59 Å². The van der Waals surface area contributed by atoms with E-state index in [1.165, 1.54) is 9.80 Å². The lowest BCUT2D eigenvalue weighted by molar-refractivity contribution is -0.151. The van der Waals surface area contributed by atoms with Gasteiger partial charge in [-0.15, -0.1) is 0 Å². The van der Waals surface area contributed by atoms with E-state index in [4.69, 9.17) is 9.47 Å². The Hall–Kier alpha value is -1.50. The fourth-order valence-corrected chi connectivity index (χ4v) is 4.38. The molecule has 0 heterocycles. The van der Waals surface area contributed by atoms with E-state index >= 15 is 0 Å². The van der Waals surface area contributed by atoms with Crippen molar-refractivity contribution in [3.63, 3.8) is 0 Å². The van der Waals surface area contributed by atoms with Crippen molar-refractivity contribution in [2.45, 2.75) is 40.5 Å². The molecule has 0 radical (unpaired) electrons. The molecule has 0 spiro atoms. The highest BCUT2D eigenvalue weighted by Gasteiger charge is 2.26. The summed E-state index contributed by atoms with van der Waals surface area (Å²) in [5, 5.41) is -1.03. The Bertz CT molecular complexity index is 508. The molecule has 12 heteroatoms. The molecule has 2 amide bonds. The van der Waals surface area contributed by atoms with Gasteiger partial charge in [-0.1, -0.05) is 0 Å². The lowest BCUT2D eigenvalue weighted by atomic mass is 10.5. The zero-order valence-corrected chi connectivity index (χ0v) is 19.7. The molecular formula is C18H32N2O8S2. The number of nitrogens with zero attached hydrogens (tertiary/aromatic N) is 2. The van der Waals surface area contributed by atoms with Crippen LogP contribution in [0.4, 0.5) is 9.59 Å². The van der Waals surface area contributed by atoms with Crippen LogP contribution in [-0.4, -0.2) is 92.2 Å². The van der Waals surface area contributed by atoms with E-state index in [0.717, 1.165) is 0 Å². The smallest absolute Gasteiger partial charge is 0.429 e. The fourth-order valence-electron chi connectivity index (χ4n) is 2.23. The van der Waals surface area contributed by atoms with Gasteiger partial charge in [0.2, 0.25) is 0 Å². The molecule has 0 aromatic heterocycles. The van der Waals surface area contributed by atoms with Crippen molar-refractivity contribution in [3.05, 3.63) is 0 Å². The Kier molecular flexibility index (Phi) is 15.4. The van der Waals surface area contributed by atoms with Gasteiger partial charge in [0.1, 0.15) is 24.7 Å². The quantitative estimate of drug-likeness (QED) is 0.224. The maximum atomic E-state index is 11.9. The number of amides is 2. The molecule has 0 aliphatic rings. The lowest BCUT2D eigenvalue weighted by Gasteiger charge is -2.19. The first-order valence-electron chi connectivity index (χ1n) is 9.87. The molecule has 0 aliphatic heterocycles. The number of carbonyl (C=O) groups excluding carboxylic acids is 4. The maximum Gasteiger partial charge on any atom is 0.429 e. The van der Waals surface area contributed by atoms with Crippen LogP contribution < -0.4 is 0 Å². The van der Waals surface area contributed by atoms with Crippen LogP contribution in [0, 0.1) is 0 Å². The summed E-state index contributed by atoms with van der Waals surface area (Å²) in [6.07, 6.45) is -0.389. The first-order valence-corrected chi connectivity index (χ1v) is 12.5. The molecule has 0 aromatic rings. The molecular weight excluding hydrogens is 436 g/mol. The van der Waals surface area contributed by atoms with Gasteiger partial charge in [0, 0.05) is 48.5 Å². The van der Waals surface area contributed by atoms with Crippen molar-refractivity contribution < 1.29 is 37.8 Å². The number of hydrogen-bond acceptors (Lipinski definition) is 8. The monoisotopic (exact) mass is 468 g/mol. The Morgan fingerprint density at radius 3 is 1.23 bits per heavy atom. The molecule has 0 rings (SSSR count). The molecule has 30 heavy (non-hydrogen) atoms. The summed E-state index contributed by atoms with van der Waals surface area (Å²) in [4.78, 5) is 49.8. The van der Waals surface area contributed by atoms with E-state index in [2.05, 4.69) is 0 Å². The lowest BCUT2D eigenvalue weighted by Crippen LogP contribution is -2.36. The molecule has 0 saturated heterocycles. The van der Waals surface area contributed by atoms with Gasteiger partial charge < -0.3 is 18.6 Å². The van der Waals surface area contributed by atoms with E-state index in [1.54, 1.807) is 27.7 Å². The van der Waals surface area contributed by atoms with E-state index in [1.807, 2.05) is 0 Å². The van der Waals surface area contributed by atoms with Crippen LogP contribution in [0.1, 0.15) is 40.5 Å². The van der Waals surface area contributed by atoms with Crippen molar-refractivity contribution in [1.82, 2.24) is 9.80 Å². The summed E-state index contributed by atoms with van der Waals surface area (Å²) in [7, 11) is 0. The van der Waals surface area contributed by atoms with Crippen LogP contribution >= 0.6 is 0 Å². The predicted octanol–water partition coefficient (Wildman–Crippen LogP) is 1.27. The Labute approximate surface area is 184 Å². The van der Waals surface area contributed by atoms with Gasteiger partial charge in [0.25, 0.3) is 0 Å². The first-order chi connectivity index (χ1) is 14.2. The molecule has 10 nitrogen and oxygen atoms in total. The topological polar surface area (TPSA) is 139 Å². The summed E-state index contributed by atoms with van der Waals surface area (Å²) in [6.45, 7) is 8.46. The third-order valence-electron chi connectivity index (χ3n) is 4.03. The van der Waals surface area contributed by atoms with Gasteiger partial charge in [0.15, 0.2) is 0 Å². The van der Waals surface area contributed by atoms with Gasteiger partial charge in [-0.3, -0.25) is 19.4 Å². The summed E-state index contributed by atoms with van der Waals surface area (Å²) < 4.78 is 33.5. The van der Waals surface area contributed by atoms with Gasteiger partial charge in [-0.05, 0) is 27.7 Å². The molecule has 0 aromatic carbocycles. The zero-order valence-electron chi connectivity index (χ0n) is 18.0. The van der Waals surface area contributed by atoms with Crippen molar-refractivity contribution in [3.8, 4) is 0 Å². The fraction of sp³-hybridized carbons (Fsp3) is 0.778. The number of rotatable bonds is 13. The van der Waals surface area contributed by atoms with Crippen LogP contribution in [0.25, 0.3) is 0 Å². The van der Waals surface area contributed by atoms with Crippen molar-refractivity contribution in [2.75, 3.05) is 50.9 Å². The third kappa shape index (κ3) is 11.0. The Balaban J connectivity index is 4.01. The summed E-state index contributed by atoms with van der Waals surface area (Å²) in [6, 6.07) is 0. The summed E-state index contributed by atoms with van der Waals surface area (Å²) in [5.74, 6) is -1.59. The van der Waals surface area contributed by atoms with E-state index in [0.29, 0.717) is 26.2 Å². The normalized spacial score (nSPS) is 12.6. The molecule has 174 valence electrons. The second-order valence-electron chi connectivity index (χ2n) is 5.92. The van der Waals surface area contributed by atoms with Crippen molar-refractivity contribution in [2.24, 2.45) is 0 Å². The summed E-state index contributed by atoms with van der Waals surface area (Å²) >= 11 is -3.61. The van der Waals surface area contributed by atoms with Crippen LogP contribution in [0.3, 0.4) is 0 Å². The van der Waals surface area contributed by atoms with Crippen molar-refractivity contribution >= 4 is 44.8 Å². The van der Waals surface area contributed by atoms with E-state index < -0.39 is 44.8 Å². The molecule has 2 atom stereocenters. The highest BCUT2D eigenvalue weighted by Crippen LogP contribution is 2.06. The maximum absolute atomic E-state index is 11.9. The third-order valence-corrected chi connectivity index (χ3v) is 6.47. The van der Waals surface area contributed by atoms with Crippen LogP contribution in [0.5, 0.6) is 0 Å². The average molecular weight is 469 g/mol. The summed E-state index contributed by atoms with van der Waals surface area (Å²) in [5.41, 5.74) is 0. The number of ether oxygens (including phenoxy) is 2. The molecule has 2 unspecified atom stereocenters. The number of esters is 2. The number of carbonyl (C=O) groups is 4. The minimum absolute atomic E-state index is 0.139. The van der Waals surface area contributed by atoms with E-state index in [9.17, 15) is 28.3 Å². The van der Waals surface area contributed by atoms with E-state index in [-0.39, 0.29) is 37.6 Å². The minimum atomic E-state index is -1.81. The number of hydrogen-bond donors (Lipinski definition) is 0. The standard InChI is InChI=1S/C18H32N2O8S2/c1-5-19(6-2)17(23)29(25)13-9-15(21)27-11-12-28-16(22)10-14-30(26)18(24)20(7-3)8-4/h5-14H2,1-4H3. The SMILES string of the molecule is CCN(CC)C(=O)[S+]([O-])CCC(=O)OCCOC(=O)CC[S+]([O-])C(=O)N(CC)CC. The second kappa shape index (κ2) is 16.2. The van der Waals surface area contributed by atoms with Gasteiger partial charge in [-0.2, -0.15) is 0 Å². The molecule has 0 N–H and O–H groups in total. The van der Waals surface area contributed by atoms with Crippen LogP contribution in [0.2, 0.25) is 0 Å². The van der Waals surface area contributed by atoms with Gasteiger partial charge in [0.05, 0.1) is 12.8 Å². The second-order valence-corrected chi connectivity index (χ2v) is 8.81. The molecule has 0 fully saturated rings. The average Bonchev–Trinajstić information content (AvgIpc) is 2.74. The largest absolute Gasteiger partial charge is 0.608 e. The minimum Gasteiger partial charge on any atom is -0.608 e. The predicted molar refractivity (Wildman–Crippen MR) is 114 cm³/mol. The zero-order chi connectivity index (χ0) is 23.1. The van der Waals surface area contributed by atoms with Gasteiger partial charge >= 0.3 is 22.4 Å². The molecule has 0 aliphatic carbocycles. The Morgan fingerprint density at radius 1 is 0.667 bits per heavy atom. The van der Waals surface area contributed by atoms with Crippen LogP contribution in [-0.2, 0) is 41.4 Å².